The minimum atomic E-state index is 0. The van der Waals surface area contributed by atoms with Crippen LogP contribution < -0.4 is 10.6 Å². The minimum Gasteiger partial charge on any atom is -0.356 e. The van der Waals surface area contributed by atoms with Crippen molar-refractivity contribution in [2.75, 3.05) is 33.7 Å². The molecule has 1 heterocycles. The second-order valence-electron chi connectivity index (χ2n) is 5.29. The van der Waals surface area contributed by atoms with Crippen LogP contribution in [-0.2, 0) is 0 Å². The normalized spacial score (nSPS) is 20.5. The maximum absolute atomic E-state index is 4.29. The second-order valence-corrected chi connectivity index (χ2v) is 5.29. The van der Waals surface area contributed by atoms with Crippen molar-refractivity contribution in [1.29, 1.82) is 0 Å². The average molecular weight is 382 g/mol. The molecule has 0 aromatic rings. The van der Waals surface area contributed by atoms with E-state index in [1.54, 1.807) is 0 Å². The highest BCUT2D eigenvalue weighted by Gasteiger charge is 2.20. The third kappa shape index (κ3) is 6.79. The Labute approximate surface area is 135 Å². The van der Waals surface area contributed by atoms with Gasteiger partial charge < -0.3 is 15.5 Å². The molecule has 1 fully saturated rings. The fraction of sp³-hybridized carbons (Fsp3) is 0.929. The number of likely N-dealkylation sites (tertiary alicyclic amines) is 1. The third-order valence-electron chi connectivity index (χ3n) is 4.11. The van der Waals surface area contributed by atoms with Gasteiger partial charge in [0.15, 0.2) is 5.96 Å². The smallest absolute Gasteiger partial charge is 0.191 e. The zero-order valence-electron chi connectivity index (χ0n) is 12.9. The average Bonchev–Trinajstić information content (AvgIpc) is 2.80. The van der Waals surface area contributed by atoms with Gasteiger partial charge in [-0.15, -0.1) is 24.0 Å². The second kappa shape index (κ2) is 10.7. The Hall–Kier alpha value is -0.0400. The van der Waals surface area contributed by atoms with Crippen molar-refractivity contribution in [2.24, 2.45) is 10.9 Å². The molecule has 5 heteroatoms. The van der Waals surface area contributed by atoms with Crippen molar-refractivity contribution in [2.45, 2.75) is 45.6 Å². The molecule has 0 aromatic carbocycles. The monoisotopic (exact) mass is 382 g/mol. The van der Waals surface area contributed by atoms with Gasteiger partial charge >= 0.3 is 0 Å². The van der Waals surface area contributed by atoms with Gasteiger partial charge in [-0.3, -0.25) is 4.99 Å². The molecular weight excluding hydrogens is 351 g/mol. The van der Waals surface area contributed by atoms with E-state index in [0.717, 1.165) is 25.0 Å². The Kier molecular flexibility index (Phi) is 10.7. The van der Waals surface area contributed by atoms with E-state index in [0.29, 0.717) is 6.04 Å². The fourth-order valence-electron chi connectivity index (χ4n) is 2.49. The van der Waals surface area contributed by atoms with Gasteiger partial charge in [0.2, 0.25) is 0 Å². The summed E-state index contributed by atoms with van der Waals surface area (Å²) < 4.78 is 0. The predicted octanol–water partition coefficient (Wildman–Crippen LogP) is 2.30. The van der Waals surface area contributed by atoms with Crippen molar-refractivity contribution in [3.8, 4) is 0 Å². The van der Waals surface area contributed by atoms with E-state index in [9.17, 15) is 0 Å². The van der Waals surface area contributed by atoms with Gasteiger partial charge in [-0.25, -0.2) is 0 Å². The van der Waals surface area contributed by atoms with E-state index in [1.165, 1.54) is 32.2 Å². The zero-order chi connectivity index (χ0) is 13.4. The molecule has 1 aliphatic heterocycles. The molecule has 4 nitrogen and oxygen atoms in total. The standard InChI is InChI=1S/C14H30N4.HI/c1-5-12(6-2)10-16-14(15-3)17-11-13-8-7-9-18(13)4;/h12-13H,5-11H2,1-4H3,(H2,15,16,17);1H. The highest BCUT2D eigenvalue weighted by molar-refractivity contribution is 14.0. The maximum atomic E-state index is 4.29. The number of hydrogen-bond donors (Lipinski definition) is 2. The molecule has 0 aromatic heterocycles. The summed E-state index contributed by atoms with van der Waals surface area (Å²) in [6, 6.07) is 0.664. The first kappa shape index (κ1) is 19.0. The molecule has 1 saturated heterocycles. The lowest BCUT2D eigenvalue weighted by atomic mass is 10.0. The summed E-state index contributed by atoms with van der Waals surface area (Å²) in [6.07, 6.45) is 5.08. The molecule has 1 unspecified atom stereocenters. The van der Waals surface area contributed by atoms with Crippen molar-refractivity contribution >= 4 is 29.9 Å². The molecule has 0 spiro atoms. The summed E-state index contributed by atoms with van der Waals surface area (Å²) in [5.74, 6) is 1.69. The molecule has 1 rings (SSSR count). The Morgan fingerprint density at radius 3 is 2.47 bits per heavy atom. The largest absolute Gasteiger partial charge is 0.356 e. The van der Waals surface area contributed by atoms with Crippen LogP contribution in [0, 0.1) is 5.92 Å². The number of aliphatic imine (C=N–C) groups is 1. The number of nitrogens with one attached hydrogen (secondary N) is 2. The Morgan fingerprint density at radius 1 is 1.32 bits per heavy atom. The lowest BCUT2D eigenvalue weighted by Gasteiger charge is -2.22. The Balaban J connectivity index is 0.00000324. The molecule has 0 bridgehead atoms. The van der Waals surface area contributed by atoms with Crippen LogP contribution in [0.3, 0.4) is 0 Å². The number of guanidine groups is 1. The summed E-state index contributed by atoms with van der Waals surface area (Å²) >= 11 is 0. The van der Waals surface area contributed by atoms with E-state index >= 15 is 0 Å². The van der Waals surface area contributed by atoms with Gasteiger partial charge in [0.25, 0.3) is 0 Å². The molecule has 0 aliphatic carbocycles. The van der Waals surface area contributed by atoms with Crippen molar-refractivity contribution in [3.63, 3.8) is 0 Å². The summed E-state index contributed by atoms with van der Waals surface area (Å²) in [5, 5.41) is 6.87. The van der Waals surface area contributed by atoms with Crippen LogP contribution in [0.25, 0.3) is 0 Å². The highest BCUT2D eigenvalue weighted by Crippen LogP contribution is 2.13. The van der Waals surface area contributed by atoms with Gasteiger partial charge in [-0.1, -0.05) is 26.7 Å². The molecule has 1 aliphatic rings. The van der Waals surface area contributed by atoms with E-state index in [1.807, 2.05) is 7.05 Å². The molecule has 1 atom stereocenters. The zero-order valence-corrected chi connectivity index (χ0v) is 15.2. The molecule has 0 amide bonds. The van der Waals surface area contributed by atoms with Crippen LogP contribution in [0.4, 0.5) is 0 Å². The lowest BCUT2D eigenvalue weighted by molar-refractivity contribution is 0.309. The van der Waals surface area contributed by atoms with Crippen molar-refractivity contribution < 1.29 is 0 Å². The fourth-order valence-corrected chi connectivity index (χ4v) is 2.49. The number of nitrogens with zero attached hydrogens (tertiary/aromatic N) is 2. The summed E-state index contributed by atoms with van der Waals surface area (Å²) in [5.41, 5.74) is 0. The van der Waals surface area contributed by atoms with Gasteiger partial charge in [0.05, 0.1) is 0 Å². The molecule has 19 heavy (non-hydrogen) atoms. The van der Waals surface area contributed by atoms with Gasteiger partial charge in [-0.05, 0) is 32.4 Å². The SMILES string of the molecule is CCC(CC)CNC(=NC)NCC1CCCN1C.I. The molecule has 2 N–H and O–H groups in total. The van der Waals surface area contributed by atoms with E-state index in [4.69, 9.17) is 0 Å². The molecule has 0 radical (unpaired) electrons. The van der Waals surface area contributed by atoms with Crippen molar-refractivity contribution in [1.82, 2.24) is 15.5 Å². The number of rotatable bonds is 6. The third-order valence-corrected chi connectivity index (χ3v) is 4.11. The predicted molar refractivity (Wildman–Crippen MR) is 94.5 cm³/mol. The van der Waals surface area contributed by atoms with Crippen LogP contribution in [0.15, 0.2) is 4.99 Å². The topological polar surface area (TPSA) is 39.7 Å². The van der Waals surface area contributed by atoms with E-state index in [-0.39, 0.29) is 24.0 Å². The van der Waals surface area contributed by atoms with Crippen LogP contribution in [-0.4, -0.2) is 50.6 Å². The lowest BCUT2D eigenvalue weighted by Crippen LogP contribution is -2.45. The van der Waals surface area contributed by atoms with Gasteiger partial charge in [-0.2, -0.15) is 0 Å². The molecular formula is C14H31IN4. The summed E-state index contributed by atoms with van der Waals surface area (Å²) in [6.45, 7) is 7.75. The molecule has 0 saturated carbocycles. The maximum Gasteiger partial charge on any atom is 0.191 e. The van der Waals surface area contributed by atoms with Crippen LogP contribution in [0.1, 0.15) is 39.5 Å². The first-order valence-electron chi connectivity index (χ1n) is 7.36. The Bertz CT molecular complexity index is 254. The van der Waals surface area contributed by atoms with Crippen molar-refractivity contribution in [3.05, 3.63) is 0 Å². The van der Waals surface area contributed by atoms with Gasteiger partial charge in [0, 0.05) is 26.2 Å². The van der Waals surface area contributed by atoms with Crippen LogP contribution in [0.5, 0.6) is 0 Å². The minimum absolute atomic E-state index is 0. The summed E-state index contributed by atoms with van der Waals surface area (Å²) in [4.78, 5) is 6.72. The Morgan fingerprint density at radius 2 is 2.00 bits per heavy atom. The number of halogens is 1. The van der Waals surface area contributed by atoms with Gasteiger partial charge in [0.1, 0.15) is 0 Å². The van der Waals surface area contributed by atoms with Crippen LogP contribution >= 0.6 is 24.0 Å². The summed E-state index contributed by atoms with van der Waals surface area (Å²) in [7, 11) is 4.06. The van der Waals surface area contributed by atoms with E-state index in [2.05, 4.69) is 41.4 Å². The number of likely N-dealkylation sites (N-methyl/N-ethyl adjacent to an activating group) is 1. The van der Waals surface area contributed by atoms with Crippen LogP contribution in [0.2, 0.25) is 0 Å². The quantitative estimate of drug-likeness (QED) is 0.421. The number of hydrogen-bond acceptors (Lipinski definition) is 2. The van der Waals surface area contributed by atoms with E-state index < -0.39 is 0 Å². The molecule has 114 valence electrons. The first-order valence-corrected chi connectivity index (χ1v) is 7.36. The highest BCUT2D eigenvalue weighted by atomic mass is 127. The first-order chi connectivity index (χ1) is 8.71.